The minimum atomic E-state index is -3.79. The van der Waals surface area contributed by atoms with Gasteiger partial charge in [-0.15, -0.1) is 0 Å². The van der Waals surface area contributed by atoms with Gasteiger partial charge in [-0.3, -0.25) is 9.59 Å². The molecule has 2 rings (SSSR count). The van der Waals surface area contributed by atoms with E-state index in [-0.39, 0.29) is 29.3 Å². The van der Waals surface area contributed by atoms with E-state index >= 15 is 0 Å². The predicted octanol–water partition coefficient (Wildman–Crippen LogP) is 0.215. The summed E-state index contributed by atoms with van der Waals surface area (Å²) in [7, 11) is -2.42. The Kier molecular flexibility index (Phi) is 6.15. The van der Waals surface area contributed by atoms with Crippen molar-refractivity contribution in [3.8, 4) is 0 Å². The van der Waals surface area contributed by atoms with Crippen LogP contribution in [0.1, 0.15) is 19.8 Å². The van der Waals surface area contributed by atoms with Crippen molar-refractivity contribution in [3.63, 3.8) is 0 Å². The SMILES string of the molecule is CC(=O)Nc1ccc(S(=O)(=O)N(C)CC(=O)N2CCCC(N)C2)cc1. The Morgan fingerprint density at radius 2 is 1.96 bits per heavy atom. The maximum Gasteiger partial charge on any atom is 0.243 e. The highest BCUT2D eigenvalue weighted by atomic mass is 32.2. The fraction of sp³-hybridized carbons (Fsp3) is 0.500. The number of amides is 2. The first-order valence-electron chi connectivity index (χ1n) is 8.07. The van der Waals surface area contributed by atoms with Gasteiger partial charge < -0.3 is 16.0 Å². The van der Waals surface area contributed by atoms with Crippen molar-refractivity contribution in [1.29, 1.82) is 0 Å². The van der Waals surface area contributed by atoms with Crippen LogP contribution in [-0.2, 0) is 19.6 Å². The van der Waals surface area contributed by atoms with Gasteiger partial charge in [0, 0.05) is 38.8 Å². The molecule has 1 saturated heterocycles. The van der Waals surface area contributed by atoms with Gasteiger partial charge in [-0.2, -0.15) is 4.31 Å². The van der Waals surface area contributed by atoms with E-state index in [2.05, 4.69) is 5.32 Å². The summed E-state index contributed by atoms with van der Waals surface area (Å²) in [5, 5.41) is 2.57. The largest absolute Gasteiger partial charge is 0.340 e. The van der Waals surface area contributed by atoms with Gasteiger partial charge in [-0.05, 0) is 37.1 Å². The molecule has 1 aliphatic heterocycles. The number of carbonyl (C=O) groups is 2. The number of rotatable bonds is 5. The Labute approximate surface area is 148 Å². The summed E-state index contributed by atoms with van der Waals surface area (Å²) in [6.45, 7) is 2.20. The van der Waals surface area contributed by atoms with Gasteiger partial charge in [-0.25, -0.2) is 8.42 Å². The zero-order valence-electron chi connectivity index (χ0n) is 14.4. The van der Waals surface area contributed by atoms with E-state index in [1.165, 1.54) is 38.2 Å². The maximum atomic E-state index is 12.6. The van der Waals surface area contributed by atoms with Crippen LogP contribution in [-0.4, -0.2) is 62.2 Å². The smallest absolute Gasteiger partial charge is 0.243 e. The molecule has 1 fully saturated rings. The molecule has 1 heterocycles. The number of benzene rings is 1. The standard InChI is InChI=1S/C16H24N4O4S/c1-12(21)18-14-5-7-15(8-6-14)25(23,24)19(2)11-16(22)20-9-3-4-13(17)10-20/h5-8,13H,3-4,9-11,17H2,1-2H3,(H,18,21). The number of likely N-dealkylation sites (N-methyl/N-ethyl adjacent to an activating group) is 1. The maximum absolute atomic E-state index is 12.6. The molecule has 1 aromatic rings. The fourth-order valence-electron chi connectivity index (χ4n) is 2.71. The lowest BCUT2D eigenvalue weighted by atomic mass is 10.1. The Morgan fingerprint density at radius 3 is 2.52 bits per heavy atom. The average molecular weight is 368 g/mol. The van der Waals surface area contributed by atoms with Crippen molar-refractivity contribution >= 4 is 27.5 Å². The Bertz CT molecular complexity index is 733. The van der Waals surface area contributed by atoms with Gasteiger partial charge in [0.1, 0.15) is 0 Å². The van der Waals surface area contributed by atoms with E-state index < -0.39 is 10.0 Å². The van der Waals surface area contributed by atoms with Crippen LogP contribution in [0.2, 0.25) is 0 Å². The van der Waals surface area contributed by atoms with Crippen molar-refractivity contribution < 1.29 is 18.0 Å². The number of carbonyl (C=O) groups excluding carboxylic acids is 2. The second-order valence-electron chi connectivity index (χ2n) is 6.21. The first-order valence-corrected chi connectivity index (χ1v) is 9.51. The fourth-order valence-corrected chi connectivity index (χ4v) is 3.83. The molecule has 0 spiro atoms. The van der Waals surface area contributed by atoms with Crippen molar-refractivity contribution in [1.82, 2.24) is 9.21 Å². The predicted molar refractivity (Wildman–Crippen MR) is 94.4 cm³/mol. The third-order valence-corrected chi connectivity index (χ3v) is 5.87. The van der Waals surface area contributed by atoms with Gasteiger partial charge >= 0.3 is 0 Å². The van der Waals surface area contributed by atoms with Crippen LogP contribution in [0, 0.1) is 0 Å². The van der Waals surface area contributed by atoms with Crippen LogP contribution in [0.4, 0.5) is 5.69 Å². The Hall–Kier alpha value is -1.97. The number of nitrogens with two attached hydrogens (primary N) is 1. The van der Waals surface area contributed by atoms with Crippen LogP contribution in [0.25, 0.3) is 0 Å². The topological polar surface area (TPSA) is 113 Å². The zero-order chi connectivity index (χ0) is 18.6. The second kappa shape index (κ2) is 7.94. The Balaban J connectivity index is 2.05. The number of nitrogens with one attached hydrogen (secondary N) is 1. The summed E-state index contributed by atoms with van der Waals surface area (Å²) < 4.78 is 26.2. The summed E-state index contributed by atoms with van der Waals surface area (Å²) in [6, 6.07) is 5.76. The summed E-state index contributed by atoms with van der Waals surface area (Å²) in [5.41, 5.74) is 6.37. The average Bonchev–Trinajstić information content (AvgIpc) is 2.54. The molecule has 1 aromatic carbocycles. The first-order chi connectivity index (χ1) is 11.7. The minimum Gasteiger partial charge on any atom is -0.340 e. The molecular formula is C16H24N4O4S. The number of nitrogens with zero attached hydrogens (tertiary/aromatic N) is 2. The normalized spacial score (nSPS) is 18.2. The molecule has 9 heteroatoms. The lowest BCUT2D eigenvalue weighted by molar-refractivity contribution is -0.132. The summed E-state index contributed by atoms with van der Waals surface area (Å²) in [5.74, 6) is -0.492. The number of sulfonamides is 1. The van der Waals surface area contributed by atoms with Crippen molar-refractivity contribution in [2.24, 2.45) is 5.73 Å². The molecule has 25 heavy (non-hydrogen) atoms. The summed E-state index contributed by atoms with van der Waals surface area (Å²) in [4.78, 5) is 25.0. The molecule has 138 valence electrons. The van der Waals surface area contributed by atoms with Crippen LogP contribution in [0.5, 0.6) is 0 Å². The third kappa shape index (κ3) is 5.00. The number of hydrogen-bond acceptors (Lipinski definition) is 5. The first kappa shape index (κ1) is 19.4. The van der Waals surface area contributed by atoms with E-state index in [1.807, 2.05) is 0 Å². The highest BCUT2D eigenvalue weighted by molar-refractivity contribution is 7.89. The quantitative estimate of drug-likeness (QED) is 0.772. The van der Waals surface area contributed by atoms with Gasteiger partial charge in [-0.1, -0.05) is 0 Å². The molecule has 0 bridgehead atoms. The second-order valence-corrected chi connectivity index (χ2v) is 8.25. The van der Waals surface area contributed by atoms with Crippen LogP contribution in [0.3, 0.4) is 0 Å². The lowest BCUT2D eigenvalue weighted by Crippen LogP contribution is -2.49. The van der Waals surface area contributed by atoms with Gasteiger partial charge in [0.15, 0.2) is 0 Å². The molecule has 1 atom stereocenters. The number of likely N-dealkylation sites (tertiary alicyclic amines) is 1. The van der Waals surface area contributed by atoms with Gasteiger partial charge in [0.2, 0.25) is 21.8 Å². The molecule has 1 aliphatic rings. The number of anilines is 1. The molecular weight excluding hydrogens is 344 g/mol. The third-order valence-electron chi connectivity index (χ3n) is 4.05. The minimum absolute atomic E-state index is 0.0547. The molecule has 2 amide bonds. The van der Waals surface area contributed by atoms with E-state index in [9.17, 15) is 18.0 Å². The highest BCUT2D eigenvalue weighted by Crippen LogP contribution is 2.18. The van der Waals surface area contributed by atoms with Crippen LogP contribution >= 0.6 is 0 Å². The lowest BCUT2D eigenvalue weighted by Gasteiger charge is -2.31. The van der Waals surface area contributed by atoms with Crippen molar-refractivity contribution in [2.45, 2.75) is 30.7 Å². The molecule has 0 aromatic heterocycles. The van der Waals surface area contributed by atoms with Crippen LogP contribution < -0.4 is 11.1 Å². The summed E-state index contributed by atoms with van der Waals surface area (Å²) >= 11 is 0. The van der Waals surface area contributed by atoms with Gasteiger partial charge in [0.05, 0.1) is 11.4 Å². The summed E-state index contributed by atoms with van der Waals surface area (Å²) in [6.07, 6.45) is 1.70. The molecule has 8 nitrogen and oxygen atoms in total. The molecule has 0 radical (unpaired) electrons. The van der Waals surface area contributed by atoms with Gasteiger partial charge in [0.25, 0.3) is 0 Å². The molecule has 0 saturated carbocycles. The van der Waals surface area contributed by atoms with E-state index in [1.54, 1.807) is 4.90 Å². The number of hydrogen-bond donors (Lipinski definition) is 2. The van der Waals surface area contributed by atoms with Crippen molar-refractivity contribution in [3.05, 3.63) is 24.3 Å². The Morgan fingerprint density at radius 1 is 1.32 bits per heavy atom. The highest BCUT2D eigenvalue weighted by Gasteiger charge is 2.27. The number of piperidine rings is 1. The van der Waals surface area contributed by atoms with E-state index in [0.717, 1.165) is 17.1 Å². The van der Waals surface area contributed by atoms with E-state index in [0.29, 0.717) is 18.8 Å². The molecule has 1 unspecified atom stereocenters. The zero-order valence-corrected chi connectivity index (χ0v) is 15.3. The monoisotopic (exact) mass is 368 g/mol. The van der Waals surface area contributed by atoms with Crippen LogP contribution in [0.15, 0.2) is 29.2 Å². The molecule has 0 aliphatic carbocycles. The van der Waals surface area contributed by atoms with Crippen molar-refractivity contribution in [2.75, 3.05) is 32.0 Å². The molecule has 3 N–H and O–H groups in total. The van der Waals surface area contributed by atoms with E-state index in [4.69, 9.17) is 5.73 Å².